The molecule has 1 aliphatic rings. The summed E-state index contributed by atoms with van der Waals surface area (Å²) in [5.41, 5.74) is 7.99. The van der Waals surface area contributed by atoms with Crippen LogP contribution in [0.4, 0.5) is 16.0 Å². The number of nitrogens with zero attached hydrogens (tertiary/aromatic N) is 4. The number of anilines is 2. The second-order valence-electron chi connectivity index (χ2n) is 6.38. The average molecular weight is 354 g/mol. The van der Waals surface area contributed by atoms with Gasteiger partial charge in [-0.1, -0.05) is 0 Å². The quantitative estimate of drug-likeness (QED) is 0.549. The first-order valence-corrected chi connectivity index (χ1v) is 8.59. The van der Waals surface area contributed by atoms with Crippen LogP contribution in [0.3, 0.4) is 0 Å². The maximum atomic E-state index is 13.2. The minimum atomic E-state index is -0.533. The van der Waals surface area contributed by atoms with Crippen LogP contribution in [-0.2, 0) is 0 Å². The molecule has 1 aliphatic carbocycles. The van der Waals surface area contributed by atoms with Crippen molar-refractivity contribution in [1.29, 1.82) is 0 Å². The molecular formula is C18H19FN6O. The second kappa shape index (κ2) is 7.07. The van der Waals surface area contributed by atoms with Gasteiger partial charge in [0.05, 0.1) is 11.6 Å². The van der Waals surface area contributed by atoms with Gasteiger partial charge in [0, 0.05) is 42.5 Å². The van der Waals surface area contributed by atoms with Crippen LogP contribution in [0, 0.1) is 5.95 Å². The number of aromatic nitrogens is 4. The number of halogens is 1. The average Bonchev–Trinajstić information content (AvgIpc) is 2.63. The van der Waals surface area contributed by atoms with Crippen LogP contribution in [0.5, 0.6) is 5.75 Å². The van der Waals surface area contributed by atoms with E-state index in [1.165, 1.54) is 12.3 Å². The SMILES string of the molecule is Nc1cc(OC2CCC(Nc3nccc(F)n3)CC2)c2nccnc2c1. The predicted octanol–water partition coefficient (Wildman–Crippen LogP) is 2.94. The van der Waals surface area contributed by atoms with Gasteiger partial charge in [-0.25, -0.2) is 9.97 Å². The van der Waals surface area contributed by atoms with Crippen molar-refractivity contribution < 1.29 is 9.13 Å². The van der Waals surface area contributed by atoms with Gasteiger partial charge in [0.2, 0.25) is 11.9 Å². The number of nitrogens with one attached hydrogen (secondary N) is 1. The Morgan fingerprint density at radius 3 is 2.65 bits per heavy atom. The third-order valence-electron chi connectivity index (χ3n) is 4.48. The molecule has 2 heterocycles. The molecule has 0 bridgehead atoms. The minimum absolute atomic E-state index is 0.0773. The van der Waals surface area contributed by atoms with E-state index in [0.29, 0.717) is 17.4 Å². The van der Waals surface area contributed by atoms with Crippen LogP contribution >= 0.6 is 0 Å². The zero-order chi connectivity index (χ0) is 17.9. The highest BCUT2D eigenvalue weighted by Crippen LogP contribution is 2.30. The summed E-state index contributed by atoms with van der Waals surface area (Å²) < 4.78 is 19.3. The zero-order valence-corrected chi connectivity index (χ0v) is 14.1. The third kappa shape index (κ3) is 3.63. The number of benzene rings is 1. The fraction of sp³-hybridized carbons (Fsp3) is 0.333. The number of nitrogens with two attached hydrogens (primary N) is 1. The van der Waals surface area contributed by atoms with Gasteiger partial charge in [-0.2, -0.15) is 9.37 Å². The van der Waals surface area contributed by atoms with Crippen molar-refractivity contribution in [3.05, 3.63) is 42.7 Å². The Morgan fingerprint density at radius 1 is 1.04 bits per heavy atom. The first-order valence-electron chi connectivity index (χ1n) is 8.59. The van der Waals surface area contributed by atoms with Crippen molar-refractivity contribution in [3.8, 4) is 5.75 Å². The molecule has 3 N–H and O–H groups in total. The van der Waals surface area contributed by atoms with Crippen molar-refractivity contribution in [2.45, 2.75) is 37.8 Å². The molecule has 1 saturated carbocycles. The zero-order valence-electron chi connectivity index (χ0n) is 14.1. The van der Waals surface area contributed by atoms with Crippen LogP contribution in [0.15, 0.2) is 36.8 Å². The van der Waals surface area contributed by atoms with Gasteiger partial charge in [-0.05, 0) is 31.7 Å². The number of hydrogen-bond donors (Lipinski definition) is 2. The van der Waals surface area contributed by atoms with Crippen molar-refractivity contribution in [2.24, 2.45) is 0 Å². The molecule has 0 saturated heterocycles. The normalized spacial score (nSPS) is 20.0. The minimum Gasteiger partial charge on any atom is -0.488 e. The van der Waals surface area contributed by atoms with Crippen LogP contribution in [0.25, 0.3) is 11.0 Å². The van der Waals surface area contributed by atoms with E-state index in [2.05, 4.69) is 25.3 Å². The van der Waals surface area contributed by atoms with Crippen LogP contribution in [0.2, 0.25) is 0 Å². The van der Waals surface area contributed by atoms with Crippen LogP contribution < -0.4 is 15.8 Å². The van der Waals surface area contributed by atoms with Gasteiger partial charge in [-0.3, -0.25) is 4.98 Å². The van der Waals surface area contributed by atoms with Crippen LogP contribution in [-0.4, -0.2) is 32.1 Å². The predicted molar refractivity (Wildman–Crippen MR) is 96.2 cm³/mol. The Hall–Kier alpha value is -3.03. The van der Waals surface area contributed by atoms with E-state index in [1.54, 1.807) is 24.5 Å². The van der Waals surface area contributed by atoms with Crippen molar-refractivity contribution in [1.82, 2.24) is 19.9 Å². The van der Waals surface area contributed by atoms with Gasteiger partial charge < -0.3 is 15.8 Å². The van der Waals surface area contributed by atoms with E-state index in [0.717, 1.165) is 36.7 Å². The monoisotopic (exact) mass is 354 g/mol. The first kappa shape index (κ1) is 16.4. The number of nitrogen functional groups attached to an aromatic ring is 1. The molecule has 26 heavy (non-hydrogen) atoms. The van der Waals surface area contributed by atoms with Crippen molar-refractivity contribution >= 4 is 22.7 Å². The van der Waals surface area contributed by atoms with Gasteiger partial charge in [0.15, 0.2) is 0 Å². The maximum absolute atomic E-state index is 13.2. The molecule has 4 rings (SSSR count). The van der Waals surface area contributed by atoms with E-state index in [1.807, 2.05) is 0 Å². The summed E-state index contributed by atoms with van der Waals surface area (Å²) in [4.78, 5) is 16.4. The molecule has 1 aromatic carbocycles. The van der Waals surface area contributed by atoms with Crippen LogP contribution in [0.1, 0.15) is 25.7 Å². The van der Waals surface area contributed by atoms with E-state index in [4.69, 9.17) is 10.5 Å². The number of fused-ring (bicyclic) bond motifs is 1. The van der Waals surface area contributed by atoms with Crippen molar-refractivity contribution in [3.63, 3.8) is 0 Å². The highest BCUT2D eigenvalue weighted by Gasteiger charge is 2.24. The molecule has 0 atom stereocenters. The Bertz CT molecular complexity index is 913. The molecule has 7 nitrogen and oxygen atoms in total. The Morgan fingerprint density at radius 2 is 1.85 bits per heavy atom. The number of hydrogen-bond acceptors (Lipinski definition) is 7. The summed E-state index contributed by atoms with van der Waals surface area (Å²) in [7, 11) is 0. The second-order valence-corrected chi connectivity index (χ2v) is 6.38. The molecule has 0 aliphatic heterocycles. The number of rotatable bonds is 4. The van der Waals surface area contributed by atoms with E-state index in [9.17, 15) is 4.39 Å². The van der Waals surface area contributed by atoms with E-state index < -0.39 is 5.95 Å². The molecule has 8 heteroatoms. The highest BCUT2D eigenvalue weighted by molar-refractivity contribution is 5.84. The molecule has 0 unspecified atom stereocenters. The highest BCUT2D eigenvalue weighted by atomic mass is 19.1. The molecule has 0 radical (unpaired) electrons. The van der Waals surface area contributed by atoms with Gasteiger partial charge in [-0.15, -0.1) is 0 Å². The van der Waals surface area contributed by atoms with Gasteiger partial charge in [0.1, 0.15) is 11.3 Å². The lowest BCUT2D eigenvalue weighted by atomic mass is 9.93. The summed E-state index contributed by atoms with van der Waals surface area (Å²) in [5, 5.41) is 3.18. The van der Waals surface area contributed by atoms with Crippen molar-refractivity contribution in [2.75, 3.05) is 11.1 Å². The fourth-order valence-corrected chi connectivity index (χ4v) is 3.25. The topological polar surface area (TPSA) is 98.8 Å². The summed E-state index contributed by atoms with van der Waals surface area (Å²) in [6.07, 6.45) is 8.27. The Kier molecular flexibility index (Phi) is 4.47. The molecule has 1 fully saturated rings. The smallest absolute Gasteiger partial charge is 0.225 e. The molecule has 0 spiro atoms. The molecular weight excluding hydrogens is 335 g/mol. The summed E-state index contributed by atoms with van der Waals surface area (Å²) in [6, 6.07) is 5.01. The summed E-state index contributed by atoms with van der Waals surface area (Å²) in [6.45, 7) is 0. The lowest BCUT2D eigenvalue weighted by molar-refractivity contribution is 0.151. The summed E-state index contributed by atoms with van der Waals surface area (Å²) in [5.74, 6) is 0.457. The fourth-order valence-electron chi connectivity index (χ4n) is 3.25. The van der Waals surface area contributed by atoms with Gasteiger partial charge >= 0.3 is 0 Å². The molecule has 2 aromatic heterocycles. The third-order valence-corrected chi connectivity index (χ3v) is 4.48. The molecule has 0 amide bonds. The standard InChI is InChI=1S/C18H19FN6O/c19-16-5-6-23-18(25-16)24-12-1-3-13(4-2-12)26-15-10-11(20)9-14-17(15)22-8-7-21-14/h5-10,12-13H,1-4,20H2,(H,23,24,25). The lowest BCUT2D eigenvalue weighted by Crippen LogP contribution is -2.31. The van der Waals surface area contributed by atoms with E-state index >= 15 is 0 Å². The largest absolute Gasteiger partial charge is 0.488 e. The Balaban J connectivity index is 1.40. The number of ether oxygens (including phenoxy) is 1. The Labute approximate surface area is 149 Å². The lowest BCUT2D eigenvalue weighted by Gasteiger charge is -2.29. The molecule has 134 valence electrons. The maximum Gasteiger partial charge on any atom is 0.225 e. The molecule has 3 aromatic rings. The first-order chi connectivity index (χ1) is 12.7. The summed E-state index contributed by atoms with van der Waals surface area (Å²) >= 11 is 0. The van der Waals surface area contributed by atoms with Gasteiger partial charge in [0.25, 0.3) is 0 Å². The van der Waals surface area contributed by atoms with E-state index in [-0.39, 0.29) is 12.1 Å².